The highest BCUT2D eigenvalue weighted by molar-refractivity contribution is 7.92. The molecular formula is C21H19N3O3S. The van der Waals surface area contributed by atoms with Crippen LogP contribution in [0, 0.1) is 0 Å². The number of hydrogen-bond acceptors (Lipinski definition) is 4. The van der Waals surface area contributed by atoms with Crippen LogP contribution < -0.4 is 0 Å². The van der Waals surface area contributed by atoms with E-state index >= 15 is 0 Å². The number of rotatable bonds is 2. The second-order valence-electron chi connectivity index (χ2n) is 7.39. The lowest BCUT2D eigenvalue weighted by molar-refractivity contribution is 0.0784. The Hall–Kier alpha value is -2.93. The Kier molecular flexibility index (Phi) is 3.71. The monoisotopic (exact) mass is 393 g/mol. The van der Waals surface area contributed by atoms with Crippen molar-refractivity contribution in [2.75, 3.05) is 13.1 Å². The van der Waals surface area contributed by atoms with Crippen LogP contribution in [-0.4, -0.2) is 47.3 Å². The molecule has 0 spiro atoms. The Bertz CT molecular complexity index is 1180. The molecule has 3 aromatic rings. The maximum absolute atomic E-state index is 13.1. The van der Waals surface area contributed by atoms with Gasteiger partial charge in [0, 0.05) is 32.3 Å². The molecule has 0 unspecified atom stereocenters. The van der Waals surface area contributed by atoms with Crippen molar-refractivity contribution >= 4 is 15.7 Å². The molecule has 3 heterocycles. The number of fused-ring (bicyclic) bond motifs is 3. The van der Waals surface area contributed by atoms with Crippen molar-refractivity contribution in [3.63, 3.8) is 0 Å². The third-order valence-corrected chi connectivity index (χ3v) is 7.97. The van der Waals surface area contributed by atoms with Crippen LogP contribution in [0.3, 0.4) is 0 Å². The van der Waals surface area contributed by atoms with Gasteiger partial charge in [-0.3, -0.25) is 9.48 Å². The summed E-state index contributed by atoms with van der Waals surface area (Å²) in [6.07, 6.45) is 1.71. The number of sulfone groups is 1. The number of nitrogens with zero attached hydrogens (tertiary/aromatic N) is 3. The number of aromatic nitrogens is 2. The van der Waals surface area contributed by atoms with E-state index in [0.717, 1.165) is 16.7 Å². The summed E-state index contributed by atoms with van der Waals surface area (Å²) in [6.45, 7) is 0.600. The van der Waals surface area contributed by atoms with Crippen molar-refractivity contribution < 1.29 is 13.2 Å². The molecular weight excluding hydrogens is 374 g/mol. The molecule has 1 amide bonds. The number of aryl methyl sites for hydroxylation is 1. The molecule has 1 aromatic heterocycles. The predicted molar refractivity (Wildman–Crippen MR) is 105 cm³/mol. The van der Waals surface area contributed by atoms with E-state index in [1.807, 2.05) is 42.5 Å². The molecule has 2 aliphatic rings. The van der Waals surface area contributed by atoms with Gasteiger partial charge < -0.3 is 4.90 Å². The molecule has 5 rings (SSSR count). The van der Waals surface area contributed by atoms with E-state index in [4.69, 9.17) is 0 Å². The highest BCUT2D eigenvalue weighted by atomic mass is 32.2. The molecule has 2 atom stereocenters. The van der Waals surface area contributed by atoms with E-state index in [-0.39, 0.29) is 18.4 Å². The lowest BCUT2D eigenvalue weighted by Gasteiger charge is -2.17. The van der Waals surface area contributed by atoms with Crippen LogP contribution in [0.15, 0.2) is 65.7 Å². The van der Waals surface area contributed by atoms with Gasteiger partial charge in [0.25, 0.3) is 5.91 Å². The lowest BCUT2D eigenvalue weighted by Crippen LogP contribution is -2.32. The third-order valence-electron chi connectivity index (χ3n) is 5.71. The highest BCUT2D eigenvalue weighted by Crippen LogP contribution is 2.46. The van der Waals surface area contributed by atoms with Gasteiger partial charge in [0.05, 0.1) is 10.1 Å². The van der Waals surface area contributed by atoms with E-state index in [0.29, 0.717) is 17.1 Å². The van der Waals surface area contributed by atoms with Gasteiger partial charge in [-0.2, -0.15) is 5.10 Å². The van der Waals surface area contributed by atoms with Crippen molar-refractivity contribution in [3.8, 4) is 11.1 Å². The van der Waals surface area contributed by atoms with Crippen LogP contribution >= 0.6 is 0 Å². The first-order chi connectivity index (χ1) is 13.4. The van der Waals surface area contributed by atoms with Crippen molar-refractivity contribution in [3.05, 3.63) is 72.1 Å². The average Bonchev–Trinajstić information content (AvgIpc) is 3.38. The summed E-state index contributed by atoms with van der Waals surface area (Å²) in [5.41, 5.74) is 3.20. The zero-order valence-electron chi connectivity index (χ0n) is 15.3. The van der Waals surface area contributed by atoms with Gasteiger partial charge in [0.15, 0.2) is 9.84 Å². The Morgan fingerprint density at radius 2 is 1.82 bits per heavy atom. The van der Waals surface area contributed by atoms with Crippen LogP contribution in [-0.2, 0) is 16.9 Å². The van der Waals surface area contributed by atoms with Crippen molar-refractivity contribution in [2.45, 2.75) is 16.1 Å². The summed E-state index contributed by atoms with van der Waals surface area (Å²) in [5, 5.41) is 3.58. The molecule has 28 heavy (non-hydrogen) atoms. The highest BCUT2D eigenvalue weighted by Gasteiger charge is 2.51. The van der Waals surface area contributed by atoms with Crippen molar-refractivity contribution in [1.82, 2.24) is 14.7 Å². The minimum Gasteiger partial charge on any atom is -0.335 e. The van der Waals surface area contributed by atoms with Gasteiger partial charge in [0.1, 0.15) is 5.69 Å². The molecule has 1 fully saturated rings. The molecule has 0 radical (unpaired) electrons. The first-order valence-electron chi connectivity index (χ1n) is 9.17. The molecule has 0 bridgehead atoms. The number of hydrogen-bond donors (Lipinski definition) is 0. The maximum atomic E-state index is 13.1. The van der Waals surface area contributed by atoms with Crippen LogP contribution in [0.5, 0.6) is 0 Å². The van der Waals surface area contributed by atoms with E-state index in [1.54, 1.807) is 35.0 Å². The van der Waals surface area contributed by atoms with Gasteiger partial charge in [-0.05, 0) is 34.9 Å². The van der Waals surface area contributed by atoms with Crippen LogP contribution in [0.1, 0.15) is 22.0 Å². The summed E-state index contributed by atoms with van der Waals surface area (Å²) < 4.78 is 27.7. The number of amides is 1. The second-order valence-corrected chi connectivity index (χ2v) is 9.53. The van der Waals surface area contributed by atoms with Gasteiger partial charge in [-0.15, -0.1) is 0 Å². The number of carbonyl (C=O) groups excluding carboxylic acids is 1. The minimum atomic E-state index is -3.45. The Labute approximate surface area is 163 Å². The fourth-order valence-electron chi connectivity index (χ4n) is 4.31. The van der Waals surface area contributed by atoms with Crippen molar-refractivity contribution in [1.29, 1.82) is 0 Å². The summed E-state index contributed by atoms with van der Waals surface area (Å²) in [6, 6.07) is 17.1. The summed E-state index contributed by atoms with van der Waals surface area (Å²) >= 11 is 0. The van der Waals surface area contributed by atoms with E-state index in [9.17, 15) is 13.2 Å². The van der Waals surface area contributed by atoms with E-state index < -0.39 is 15.1 Å². The Balaban J connectivity index is 1.52. The largest absolute Gasteiger partial charge is 0.335 e. The van der Waals surface area contributed by atoms with Gasteiger partial charge in [-0.25, -0.2) is 8.42 Å². The average molecular weight is 393 g/mol. The first kappa shape index (κ1) is 17.2. The minimum absolute atomic E-state index is 0.198. The lowest BCUT2D eigenvalue weighted by atomic mass is 9.94. The number of benzene rings is 2. The number of carbonyl (C=O) groups is 1. The standard InChI is InChI=1S/C21H19N3O3S/c1-23-10-9-18(22-23)21(25)24-12-17-16-11-15(14-5-3-2-4-6-14)7-8-19(16)28(26,27)20(17)13-24/h2-11,17,20H,12-13H2,1H3/t17-,20-/m0/s1. The van der Waals surface area contributed by atoms with E-state index in [2.05, 4.69) is 5.10 Å². The quantitative estimate of drug-likeness (QED) is 0.671. The third kappa shape index (κ3) is 2.50. The zero-order chi connectivity index (χ0) is 19.5. The van der Waals surface area contributed by atoms with Crippen molar-refractivity contribution in [2.24, 2.45) is 7.05 Å². The molecule has 0 aliphatic carbocycles. The summed E-state index contributed by atoms with van der Waals surface area (Å²) in [5.74, 6) is -0.415. The van der Waals surface area contributed by atoms with Gasteiger partial charge in [-0.1, -0.05) is 36.4 Å². The Morgan fingerprint density at radius 3 is 2.54 bits per heavy atom. The normalized spacial score (nSPS) is 22.1. The molecule has 0 saturated carbocycles. The molecule has 0 N–H and O–H groups in total. The topological polar surface area (TPSA) is 72.3 Å². The zero-order valence-corrected chi connectivity index (χ0v) is 16.1. The van der Waals surface area contributed by atoms with Crippen LogP contribution in [0.2, 0.25) is 0 Å². The van der Waals surface area contributed by atoms with E-state index in [1.165, 1.54) is 0 Å². The fraction of sp³-hybridized carbons (Fsp3) is 0.238. The summed E-state index contributed by atoms with van der Waals surface area (Å²) in [7, 11) is -1.69. The first-order valence-corrected chi connectivity index (χ1v) is 10.7. The van der Waals surface area contributed by atoms with Crippen LogP contribution in [0.25, 0.3) is 11.1 Å². The smallest absolute Gasteiger partial charge is 0.274 e. The van der Waals surface area contributed by atoms with Gasteiger partial charge in [0.2, 0.25) is 0 Å². The summed E-state index contributed by atoms with van der Waals surface area (Å²) in [4.78, 5) is 14.8. The molecule has 142 valence electrons. The van der Waals surface area contributed by atoms with Crippen LogP contribution in [0.4, 0.5) is 0 Å². The number of likely N-dealkylation sites (tertiary alicyclic amines) is 1. The second kappa shape index (κ2) is 6.04. The van der Waals surface area contributed by atoms with Gasteiger partial charge >= 0.3 is 0 Å². The molecule has 1 saturated heterocycles. The maximum Gasteiger partial charge on any atom is 0.274 e. The fourth-order valence-corrected chi connectivity index (χ4v) is 6.48. The molecule has 7 heteroatoms. The Morgan fingerprint density at radius 1 is 1.04 bits per heavy atom. The molecule has 6 nitrogen and oxygen atoms in total. The molecule has 2 aromatic carbocycles. The molecule has 2 aliphatic heterocycles. The SMILES string of the molecule is Cn1ccc(C(=O)N2C[C@H]3c4cc(-c5ccccc5)ccc4S(=O)(=O)[C@H]3C2)n1. The predicted octanol–water partition coefficient (Wildman–Crippen LogP) is 2.48.